The molecule has 13 heavy (non-hydrogen) atoms. The van der Waals surface area contributed by atoms with Crippen molar-refractivity contribution in [3.05, 3.63) is 24.0 Å². The smallest absolute Gasteiger partial charge is 0.0445 e. The highest BCUT2D eigenvalue weighted by Gasteiger charge is 2.03. The molecule has 0 amide bonds. The lowest BCUT2D eigenvalue weighted by Crippen LogP contribution is -2.28. The number of aromatic nitrogens is 1. The van der Waals surface area contributed by atoms with E-state index in [1.165, 1.54) is 5.69 Å². The predicted molar refractivity (Wildman–Crippen MR) is 53.4 cm³/mol. The molecule has 3 heteroatoms. The molecule has 1 rings (SSSR count). The third-order valence-corrected chi connectivity index (χ3v) is 2.21. The quantitative estimate of drug-likeness (QED) is 0.620. The van der Waals surface area contributed by atoms with Crippen LogP contribution in [-0.4, -0.2) is 22.7 Å². The molecular weight excluding hydrogens is 164 g/mol. The van der Waals surface area contributed by atoms with Gasteiger partial charge in [0.25, 0.3) is 0 Å². The van der Waals surface area contributed by atoms with Crippen LogP contribution in [0.3, 0.4) is 0 Å². The number of H-pyrrole nitrogens is 1. The molecule has 0 radical (unpaired) electrons. The van der Waals surface area contributed by atoms with E-state index >= 15 is 0 Å². The van der Waals surface area contributed by atoms with Gasteiger partial charge < -0.3 is 15.4 Å². The molecule has 0 aliphatic carbocycles. The molecule has 0 saturated carbocycles. The third-order valence-electron chi connectivity index (χ3n) is 2.21. The topological polar surface area (TPSA) is 48.0 Å². The summed E-state index contributed by atoms with van der Waals surface area (Å²) < 4.78 is 0. The number of aromatic amines is 1. The fourth-order valence-corrected chi connectivity index (χ4v) is 1.34. The molecule has 74 valence electrons. The summed E-state index contributed by atoms with van der Waals surface area (Å²) in [5.74, 6) is 0. The van der Waals surface area contributed by atoms with E-state index in [1.54, 1.807) is 0 Å². The Kier molecular flexibility index (Phi) is 4.57. The van der Waals surface area contributed by atoms with Crippen molar-refractivity contribution >= 4 is 0 Å². The van der Waals surface area contributed by atoms with Gasteiger partial charge in [0.2, 0.25) is 0 Å². The minimum Gasteiger partial charge on any atom is -0.396 e. The Hall–Kier alpha value is -0.800. The predicted octanol–water partition coefficient (Wildman–Crippen LogP) is 1.27. The van der Waals surface area contributed by atoms with Crippen molar-refractivity contribution in [1.29, 1.82) is 0 Å². The minimum atomic E-state index is 0.260. The van der Waals surface area contributed by atoms with Gasteiger partial charge in [-0.05, 0) is 25.0 Å². The van der Waals surface area contributed by atoms with Gasteiger partial charge in [0.1, 0.15) is 0 Å². The molecule has 3 N–H and O–H groups in total. The maximum absolute atomic E-state index is 8.78. The minimum absolute atomic E-state index is 0.260. The van der Waals surface area contributed by atoms with Gasteiger partial charge in [-0.3, -0.25) is 0 Å². The first kappa shape index (κ1) is 10.3. The molecule has 1 aromatic rings. The second-order valence-electron chi connectivity index (χ2n) is 3.19. The third kappa shape index (κ3) is 3.61. The van der Waals surface area contributed by atoms with Gasteiger partial charge >= 0.3 is 0 Å². The van der Waals surface area contributed by atoms with Gasteiger partial charge in [0.15, 0.2) is 0 Å². The standard InChI is InChI=1S/C10H18N2O/c1-2-9(5-7-13)12-8-10-4-3-6-11-10/h3-4,6,9,11-13H,2,5,7-8H2,1H3. The van der Waals surface area contributed by atoms with Crippen molar-refractivity contribution in [2.45, 2.75) is 32.4 Å². The molecule has 0 fully saturated rings. The summed E-state index contributed by atoms with van der Waals surface area (Å²) in [5.41, 5.74) is 1.19. The van der Waals surface area contributed by atoms with E-state index in [0.29, 0.717) is 6.04 Å². The molecule has 0 spiro atoms. The molecule has 0 aliphatic rings. The van der Waals surface area contributed by atoms with Crippen LogP contribution in [0.15, 0.2) is 18.3 Å². The monoisotopic (exact) mass is 182 g/mol. The van der Waals surface area contributed by atoms with Gasteiger partial charge in [-0.15, -0.1) is 0 Å². The molecule has 1 heterocycles. The van der Waals surface area contributed by atoms with Gasteiger partial charge in [-0.25, -0.2) is 0 Å². The van der Waals surface area contributed by atoms with E-state index in [-0.39, 0.29) is 6.61 Å². The van der Waals surface area contributed by atoms with E-state index in [2.05, 4.69) is 23.3 Å². The zero-order valence-corrected chi connectivity index (χ0v) is 8.09. The highest BCUT2D eigenvalue weighted by atomic mass is 16.3. The normalized spacial score (nSPS) is 13.1. The van der Waals surface area contributed by atoms with Crippen LogP contribution in [0.1, 0.15) is 25.5 Å². The van der Waals surface area contributed by atoms with Gasteiger partial charge in [0.05, 0.1) is 0 Å². The van der Waals surface area contributed by atoms with Gasteiger partial charge in [-0.1, -0.05) is 6.92 Å². The summed E-state index contributed by atoms with van der Waals surface area (Å²) in [6, 6.07) is 4.47. The van der Waals surface area contributed by atoms with Crippen LogP contribution in [0, 0.1) is 0 Å². The lowest BCUT2D eigenvalue weighted by atomic mass is 10.1. The summed E-state index contributed by atoms with van der Waals surface area (Å²) in [6.45, 7) is 3.24. The van der Waals surface area contributed by atoms with E-state index in [1.807, 2.05) is 12.3 Å². The molecular formula is C10H18N2O. The average molecular weight is 182 g/mol. The summed E-state index contributed by atoms with van der Waals surface area (Å²) >= 11 is 0. The van der Waals surface area contributed by atoms with Crippen molar-refractivity contribution in [2.24, 2.45) is 0 Å². The van der Waals surface area contributed by atoms with Crippen molar-refractivity contribution in [3.63, 3.8) is 0 Å². The van der Waals surface area contributed by atoms with E-state index in [9.17, 15) is 0 Å². The first-order chi connectivity index (χ1) is 6.36. The lowest BCUT2D eigenvalue weighted by Gasteiger charge is -2.14. The number of hydrogen-bond acceptors (Lipinski definition) is 2. The summed E-state index contributed by atoms with van der Waals surface area (Å²) in [4.78, 5) is 3.13. The average Bonchev–Trinajstić information content (AvgIpc) is 2.64. The molecule has 0 bridgehead atoms. The summed E-state index contributed by atoms with van der Waals surface area (Å²) in [7, 11) is 0. The fourth-order valence-electron chi connectivity index (χ4n) is 1.34. The molecule has 0 aliphatic heterocycles. The number of rotatable bonds is 6. The van der Waals surface area contributed by atoms with Crippen LogP contribution >= 0.6 is 0 Å². The van der Waals surface area contributed by atoms with Crippen molar-refractivity contribution in [2.75, 3.05) is 6.61 Å². The Bertz CT molecular complexity index is 209. The number of aliphatic hydroxyl groups is 1. The van der Waals surface area contributed by atoms with Gasteiger partial charge in [0, 0.05) is 31.1 Å². The highest BCUT2D eigenvalue weighted by Crippen LogP contribution is 1.99. The Balaban J connectivity index is 2.23. The Morgan fingerprint density at radius 1 is 1.62 bits per heavy atom. The molecule has 1 unspecified atom stereocenters. The molecule has 0 aromatic carbocycles. The zero-order chi connectivity index (χ0) is 9.52. The first-order valence-corrected chi connectivity index (χ1v) is 4.83. The SMILES string of the molecule is CCC(CCO)NCc1ccc[nH]1. The van der Waals surface area contributed by atoms with E-state index < -0.39 is 0 Å². The summed E-state index contributed by atoms with van der Waals surface area (Å²) in [6.07, 6.45) is 3.81. The summed E-state index contributed by atoms with van der Waals surface area (Å²) in [5, 5.41) is 12.2. The second kappa shape index (κ2) is 5.78. The number of aliphatic hydroxyl groups excluding tert-OH is 1. The lowest BCUT2D eigenvalue weighted by molar-refractivity contribution is 0.262. The van der Waals surface area contributed by atoms with Crippen molar-refractivity contribution in [1.82, 2.24) is 10.3 Å². The molecule has 1 atom stereocenters. The number of nitrogens with one attached hydrogen (secondary N) is 2. The van der Waals surface area contributed by atoms with Gasteiger partial charge in [-0.2, -0.15) is 0 Å². The van der Waals surface area contributed by atoms with Crippen LogP contribution < -0.4 is 5.32 Å². The van der Waals surface area contributed by atoms with E-state index in [4.69, 9.17) is 5.11 Å². The highest BCUT2D eigenvalue weighted by molar-refractivity contribution is 5.03. The Morgan fingerprint density at radius 3 is 3.00 bits per heavy atom. The Morgan fingerprint density at radius 2 is 2.46 bits per heavy atom. The maximum Gasteiger partial charge on any atom is 0.0445 e. The van der Waals surface area contributed by atoms with Crippen LogP contribution in [-0.2, 0) is 6.54 Å². The molecule has 3 nitrogen and oxygen atoms in total. The Labute approximate surface area is 79.2 Å². The molecule has 1 aromatic heterocycles. The zero-order valence-electron chi connectivity index (χ0n) is 8.09. The second-order valence-corrected chi connectivity index (χ2v) is 3.19. The van der Waals surface area contributed by atoms with Crippen LogP contribution in [0.2, 0.25) is 0 Å². The molecule has 0 saturated heterocycles. The first-order valence-electron chi connectivity index (χ1n) is 4.83. The van der Waals surface area contributed by atoms with Crippen LogP contribution in [0.5, 0.6) is 0 Å². The number of hydrogen-bond donors (Lipinski definition) is 3. The van der Waals surface area contributed by atoms with Crippen molar-refractivity contribution < 1.29 is 5.11 Å². The maximum atomic E-state index is 8.78. The van der Waals surface area contributed by atoms with Crippen LogP contribution in [0.4, 0.5) is 0 Å². The van der Waals surface area contributed by atoms with Crippen molar-refractivity contribution in [3.8, 4) is 0 Å². The van der Waals surface area contributed by atoms with E-state index in [0.717, 1.165) is 19.4 Å². The van der Waals surface area contributed by atoms with Crippen LogP contribution in [0.25, 0.3) is 0 Å². The largest absolute Gasteiger partial charge is 0.396 e. The fraction of sp³-hybridized carbons (Fsp3) is 0.600.